The summed E-state index contributed by atoms with van der Waals surface area (Å²) < 4.78 is 0. The molecule has 0 heterocycles. The highest BCUT2D eigenvalue weighted by Crippen LogP contribution is 2.16. The zero-order valence-corrected chi connectivity index (χ0v) is 33.2. The summed E-state index contributed by atoms with van der Waals surface area (Å²) in [4.78, 5) is 12.3. The lowest BCUT2D eigenvalue weighted by Crippen LogP contribution is -2.45. The van der Waals surface area contributed by atoms with Gasteiger partial charge in [-0.25, -0.2) is 0 Å². The standard InChI is InChI=1S/C45H87NO3/c1-3-5-7-9-11-13-14-15-16-17-18-19-20-21-22-23-24-25-26-27-28-29-30-31-32-33-35-37-39-41-45(49)46-43(42-47)44(48)40-38-36-34-12-10-8-6-4-2/h14-15,17-18,43-44,47-48H,3-13,16,19-42H2,1-2H3,(H,46,49)/b15-14-,18-17-. The second-order valence-corrected chi connectivity index (χ2v) is 15.1. The molecule has 3 N–H and O–H groups in total. The predicted molar refractivity (Wildman–Crippen MR) is 216 cm³/mol. The predicted octanol–water partition coefficient (Wildman–Crippen LogP) is 13.6. The molecule has 1 amide bonds. The summed E-state index contributed by atoms with van der Waals surface area (Å²) in [7, 11) is 0. The second kappa shape index (κ2) is 41.3. The van der Waals surface area contributed by atoms with Crippen molar-refractivity contribution in [3.63, 3.8) is 0 Å². The van der Waals surface area contributed by atoms with Crippen molar-refractivity contribution in [2.75, 3.05) is 6.61 Å². The lowest BCUT2D eigenvalue weighted by molar-refractivity contribution is -0.123. The van der Waals surface area contributed by atoms with Crippen molar-refractivity contribution >= 4 is 5.91 Å². The number of amides is 1. The lowest BCUT2D eigenvalue weighted by Gasteiger charge is -2.22. The van der Waals surface area contributed by atoms with Crippen LogP contribution in [0.3, 0.4) is 0 Å². The third-order valence-electron chi connectivity index (χ3n) is 10.2. The Hall–Kier alpha value is -1.13. The minimum atomic E-state index is -0.653. The van der Waals surface area contributed by atoms with Crippen LogP contribution in [-0.2, 0) is 4.79 Å². The van der Waals surface area contributed by atoms with Gasteiger partial charge in [-0.15, -0.1) is 0 Å². The van der Waals surface area contributed by atoms with E-state index in [1.807, 2.05) is 0 Å². The van der Waals surface area contributed by atoms with Crippen molar-refractivity contribution in [3.05, 3.63) is 24.3 Å². The van der Waals surface area contributed by atoms with E-state index in [0.29, 0.717) is 12.8 Å². The fraction of sp³-hybridized carbons (Fsp3) is 0.889. The zero-order valence-electron chi connectivity index (χ0n) is 33.2. The van der Waals surface area contributed by atoms with Crippen LogP contribution in [0, 0.1) is 0 Å². The molecule has 0 aromatic rings. The monoisotopic (exact) mass is 690 g/mol. The number of nitrogens with one attached hydrogen (secondary N) is 1. The minimum absolute atomic E-state index is 0.0325. The summed E-state index contributed by atoms with van der Waals surface area (Å²) in [5, 5.41) is 23.0. The molecule has 4 heteroatoms. The van der Waals surface area contributed by atoms with E-state index in [1.54, 1.807) is 0 Å². The zero-order chi connectivity index (χ0) is 35.7. The van der Waals surface area contributed by atoms with Gasteiger partial charge in [0.15, 0.2) is 0 Å². The molecular weight excluding hydrogens is 602 g/mol. The summed E-state index contributed by atoms with van der Waals surface area (Å²) in [6.07, 6.45) is 52.8. The van der Waals surface area contributed by atoms with Gasteiger partial charge in [0, 0.05) is 6.42 Å². The van der Waals surface area contributed by atoms with Crippen LogP contribution in [-0.4, -0.2) is 34.9 Å². The van der Waals surface area contributed by atoms with Gasteiger partial charge in [-0.2, -0.15) is 0 Å². The second-order valence-electron chi connectivity index (χ2n) is 15.1. The molecule has 0 bridgehead atoms. The lowest BCUT2D eigenvalue weighted by atomic mass is 10.0. The number of hydrogen-bond donors (Lipinski definition) is 3. The number of allylic oxidation sites excluding steroid dienone is 4. The largest absolute Gasteiger partial charge is 0.394 e. The van der Waals surface area contributed by atoms with Crippen LogP contribution < -0.4 is 5.32 Å². The molecule has 0 aliphatic carbocycles. The molecule has 0 aliphatic rings. The normalized spacial score (nSPS) is 13.1. The van der Waals surface area contributed by atoms with Crippen LogP contribution >= 0.6 is 0 Å². The molecule has 0 radical (unpaired) electrons. The van der Waals surface area contributed by atoms with E-state index in [9.17, 15) is 15.0 Å². The average molecular weight is 690 g/mol. The van der Waals surface area contributed by atoms with Crippen molar-refractivity contribution in [2.45, 2.75) is 251 Å². The molecule has 0 spiro atoms. The summed E-state index contributed by atoms with van der Waals surface area (Å²) in [6, 6.07) is -0.530. The SMILES string of the molecule is CCCCCCC/C=C\C/C=C\CCCCCCCCCCCCCCCCCCCC(=O)NC(CO)C(O)CCCCCCCCCC. The molecule has 4 nitrogen and oxygen atoms in total. The van der Waals surface area contributed by atoms with E-state index in [0.717, 1.165) is 32.1 Å². The van der Waals surface area contributed by atoms with Crippen molar-refractivity contribution in [1.29, 1.82) is 0 Å². The van der Waals surface area contributed by atoms with Crippen LogP contribution in [0.25, 0.3) is 0 Å². The van der Waals surface area contributed by atoms with Crippen LogP contribution in [0.5, 0.6) is 0 Å². The molecule has 0 fully saturated rings. The van der Waals surface area contributed by atoms with Crippen LogP contribution in [0.1, 0.15) is 239 Å². The van der Waals surface area contributed by atoms with Crippen LogP contribution in [0.4, 0.5) is 0 Å². The highest BCUT2D eigenvalue weighted by atomic mass is 16.3. The smallest absolute Gasteiger partial charge is 0.220 e. The van der Waals surface area contributed by atoms with Gasteiger partial charge in [0.1, 0.15) is 0 Å². The molecular formula is C45H87NO3. The third kappa shape index (κ3) is 37.9. The van der Waals surface area contributed by atoms with Crippen LogP contribution in [0.2, 0.25) is 0 Å². The molecule has 0 aromatic carbocycles. The summed E-state index contributed by atoms with van der Waals surface area (Å²) >= 11 is 0. The Morgan fingerprint density at radius 2 is 0.837 bits per heavy atom. The van der Waals surface area contributed by atoms with Gasteiger partial charge in [0.2, 0.25) is 5.91 Å². The van der Waals surface area contributed by atoms with Gasteiger partial charge in [0.05, 0.1) is 18.8 Å². The van der Waals surface area contributed by atoms with Crippen LogP contribution in [0.15, 0.2) is 24.3 Å². The highest BCUT2D eigenvalue weighted by Gasteiger charge is 2.20. The molecule has 49 heavy (non-hydrogen) atoms. The number of aliphatic hydroxyl groups excluding tert-OH is 2. The Labute approximate surface area is 307 Å². The number of rotatable bonds is 40. The van der Waals surface area contributed by atoms with Gasteiger partial charge in [-0.3, -0.25) is 4.79 Å². The number of hydrogen-bond acceptors (Lipinski definition) is 3. The summed E-state index contributed by atoms with van der Waals surface area (Å²) in [6.45, 7) is 4.32. The Balaban J connectivity index is 3.40. The fourth-order valence-electron chi connectivity index (χ4n) is 6.80. The maximum atomic E-state index is 12.3. The molecule has 2 unspecified atom stereocenters. The molecule has 0 rings (SSSR count). The first-order chi connectivity index (χ1) is 24.2. The Kier molecular flexibility index (Phi) is 40.3. The Morgan fingerprint density at radius 1 is 0.490 bits per heavy atom. The first kappa shape index (κ1) is 47.9. The molecule has 0 aliphatic heterocycles. The summed E-state index contributed by atoms with van der Waals surface area (Å²) in [5.74, 6) is -0.0325. The number of unbranched alkanes of at least 4 members (excludes halogenated alkanes) is 29. The maximum absolute atomic E-state index is 12.3. The van der Waals surface area contributed by atoms with E-state index < -0.39 is 12.1 Å². The Morgan fingerprint density at radius 3 is 1.22 bits per heavy atom. The molecule has 2 atom stereocenters. The fourth-order valence-corrected chi connectivity index (χ4v) is 6.80. The number of carbonyl (C=O) groups excluding carboxylic acids is 1. The molecule has 290 valence electrons. The van der Waals surface area contributed by atoms with Gasteiger partial charge in [0.25, 0.3) is 0 Å². The quantitative estimate of drug-likeness (QED) is 0.0443. The average Bonchev–Trinajstić information content (AvgIpc) is 3.10. The maximum Gasteiger partial charge on any atom is 0.220 e. The van der Waals surface area contributed by atoms with Gasteiger partial charge in [-0.05, 0) is 44.9 Å². The van der Waals surface area contributed by atoms with Crippen molar-refractivity contribution in [3.8, 4) is 0 Å². The van der Waals surface area contributed by atoms with Gasteiger partial charge in [-0.1, -0.05) is 212 Å². The first-order valence-electron chi connectivity index (χ1n) is 22.0. The number of carbonyl (C=O) groups is 1. The van der Waals surface area contributed by atoms with Crippen molar-refractivity contribution in [2.24, 2.45) is 0 Å². The van der Waals surface area contributed by atoms with E-state index in [4.69, 9.17) is 0 Å². The molecule has 0 saturated heterocycles. The van der Waals surface area contributed by atoms with E-state index in [1.165, 1.54) is 180 Å². The van der Waals surface area contributed by atoms with Crippen molar-refractivity contribution in [1.82, 2.24) is 5.32 Å². The minimum Gasteiger partial charge on any atom is -0.394 e. The summed E-state index contributed by atoms with van der Waals surface area (Å²) in [5.41, 5.74) is 0. The first-order valence-corrected chi connectivity index (χ1v) is 22.0. The van der Waals surface area contributed by atoms with E-state index >= 15 is 0 Å². The third-order valence-corrected chi connectivity index (χ3v) is 10.2. The van der Waals surface area contributed by atoms with Gasteiger partial charge >= 0.3 is 0 Å². The molecule has 0 saturated carbocycles. The topological polar surface area (TPSA) is 69.6 Å². The molecule has 0 aromatic heterocycles. The Bertz CT molecular complexity index is 705. The van der Waals surface area contributed by atoms with E-state index in [-0.39, 0.29) is 12.5 Å². The van der Waals surface area contributed by atoms with Gasteiger partial charge < -0.3 is 15.5 Å². The number of aliphatic hydroxyl groups is 2. The van der Waals surface area contributed by atoms with Crippen molar-refractivity contribution < 1.29 is 15.0 Å². The highest BCUT2D eigenvalue weighted by molar-refractivity contribution is 5.76. The van der Waals surface area contributed by atoms with E-state index in [2.05, 4.69) is 43.5 Å².